The summed E-state index contributed by atoms with van der Waals surface area (Å²) in [5.74, 6) is 1.04. The third kappa shape index (κ3) is 2.83. The first-order valence-corrected chi connectivity index (χ1v) is 5.65. The monoisotopic (exact) mass is 209 g/mol. The van der Waals surface area contributed by atoms with Gasteiger partial charge in [0, 0.05) is 25.1 Å². The van der Waals surface area contributed by atoms with E-state index >= 15 is 0 Å². The lowest BCUT2D eigenvalue weighted by atomic mass is 10.1. The van der Waals surface area contributed by atoms with Gasteiger partial charge in [-0.1, -0.05) is 0 Å². The van der Waals surface area contributed by atoms with Crippen molar-refractivity contribution >= 4 is 0 Å². The molecule has 3 heteroatoms. The van der Waals surface area contributed by atoms with E-state index in [9.17, 15) is 0 Å². The second-order valence-electron chi connectivity index (χ2n) is 4.32. The van der Waals surface area contributed by atoms with Crippen molar-refractivity contribution in [3.63, 3.8) is 0 Å². The minimum atomic E-state index is 0.337. The first kappa shape index (κ1) is 10.7. The van der Waals surface area contributed by atoms with Crippen LogP contribution >= 0.6 is 0 Å². The summed E-state index contributed by atoms with van der Waals surface area (Å²) >= 11 is 0. The molecular weight excluding hydrogens is 190 g/mol. The summed E-state index contributed by atoms with van der Waals surface area (Å²) in [6.45, 7) is 5.20. The van der Waals surface area contributed by atoms with Crippen LogP contribution < -0.4 is 5.32 Å². The summed E-state index contributed by atoms with van der Waals surface area (Å²) in [6, 6.07) is 4.89. The van der Waals surface area contributed by atoms with Crippen LogP contribution in [0.25, 0.3) is 0 Å². The molecule has 3 nitrogen and oxygen atoms in total. The molecule has 0 spiro atoms. The van der Waals surface area contributed by atoms with E-state index in [-0.39, 0.29) is 0 Å². The van der Waals surface area contributed by atoms with Crippen LogP contribution in [0.3, 0.4) is 0 Å². The molecule has 2 heterocycles. The maximum absolute atomic E-state index is 5.52. The predicted octanol–water partition coefficient (Wildman–Crippen LogP) is 1.98. The van der Waals surface area contributed by atoms with Gasteiger partial charge in [-0.2, -0.15) is 0 Å². The maximum atomic E-state index is 5.52. The van der Waals surface area contributed by atoms with Gasteiger partial charge in [-0.25, -0.2) is 0 Å². The van der Waals surface area contributed by atoms with Gasteiger partial charge in [0.1, 0.15) is 5.76 Å². The van der Waals surface area contributed by atoms with Crippen molar-refractivity contribution in [2.24, 2.45) is 0 Å². The van der Waals surface area contributed by atoms with Gasteiger partial charge in [0.25, 0.3) is 0 Å². The topological polar surface area (TPSA) is 34.4 Å². The fraction of sp³-hybridized carbons (Fsp3) is 0.667. The zero-order valence-electron chi connectivity index (χ0n) is 9.40. The molecule has 1 N–H and O–H groups in total. The first-order chi connectivity index (χ1) is 7.25. The molecule has 0 radical (unpaired) electrons. The van der Waals surface area contributed by atoms with Crippen molar-refractivity contribution in [2.75, 3.05) is 6.61 Å². The Morgan fingerprint density at radius 1 is 1.60 bits per heavy atom. The average molecular weight is 209 g/mol. The molecule has 1 saturated heterocycles. The van der Waals surface area contributed by atoms with E-state index in [4.69, 9.17) is 9.15 Å². The van der Waals surface area contributed by atoms with Gasteiger partial charge in [0.2, 0.25) is 0 Å². The van der Waals surface area contributed by atoms with E-state index in [1.807, 2.05) is 12.1 Å². The summed E-state index contributed by atoms with van der Waals surface area (Å²) in [5, 5.41) is 3.58. The SMILES string of the molecule is CC(Cc1ccco1)NC1CCOC1C. The number of furan rings is 1. The Hall–Kier alpha value is -0.800. The third-order valence-corrected chi connectivity index (χ3v) is 2.96. The van der Waals surface area contributed by atoms with Crippen molar-refractivity contribution in [1.82, 2.24) is 5.32 Å². The largest absolute Gasteiger partial charge is 0.469 e. The zero-order valence-corrected chi connectivity index (χ0v) is 9.40. The molecule has 1 aromatic rings. The Labute approximate surface area is 90.8 Å². The lowest BCUT2D eigenvalue weighted by molar-refractivity contribution is 0.111. The van der Waals surface area contributed by atoms with Crippen molar-refractivity contribution in [3.8, 4) is 0 Å². The summed E-state index contributed by atoms with van der Waals surface area (Å²) in [7, 11) is 0. The van der Waals surface area contributed by atoms with Gasteiger partial charge in [-0.3, -0.25) is 0 Å². The molecule has 1 fully saturated rings. The smallest absolute Gasteiger partial charge is 0.105 e. The summed E-state index contributed by atoms with van der Waals surface area (Å²) in [4.78, 5) is 0. The zero-order chi connectivity index (χ0) is 10.7. The average Bonchev–Trinajstić information content (AvgIpc) is 2.79. The van der Waals surface area contributed by atoms with Crippen LogP contribution in [-0.2, 0) is 11.2 Å². The minimum absolute atomic E-state index is 0.337. The maximum Gasteiger partial charge on any atom is 0.105 e. The van der Waals surface area contributed by atoms with Gasteiger partial charge in [0.15, 0.2) is 0 Å². The molecule has 84 valence electrons. The molecule has 0 aromatic carbocycles. The fourth-order valence-corrected chi connectivity index (χ4v) is 2.11. The van der Waals surface area contributed by atoms with Gasteiger partial charge < -0.3 is 14.5 Å². The quantitative estimate of drug-likeness (QED) is 0.823. The molecule has 0 amide bonds. The van der Waals surface area contributed by atoms with E-state index in [1.54, 1.807) is 6.26 Å². The standard InChI is InChI=1S/C12H19NO2/c1-9(8-11-4-3-6-15-11)13-12-5-7-14-10(12)2/h3-4,6,9-10,12-13H,5,7-8H2,1-2H3. The lowest BCUT2D eigenvalue weighted by Gasteiger charge is -2.20. The second-order valence-corrected chi connectivity index (χ2v) is 4.32. The Morgan fingerprint density at radius 2 is 2.47 bits per heavy atom. The van der Waals surface area contributed by atoms with Crippen LogP contribution in [0.2, 0.25) is 0 Å². The van der Waals surface area contributed by atoms with E-state index in [0.29, 0.717) is 18.2 Å². The molecule has 1 aliphatic rings. The number of ether oxygens (including phenoxy) is 1. The molecule has 0 saturated carbocycles. The van der Waals surface area contributed by atoms with Gasteiger partial charge in [-0.05, 0) is 32.4 Å². The Bertz CT molecular complexity index is 284. The van der Waals surface area contributed by atoms with Crippen LogP contribution in [-0.4, -0.2) is 24.8 Å². The van der Waals surface area contributed by atoms with Crippen molar-refractivity contribution in [2.45, 2.75) is 44.9 Å². The van der Waals surface area contributed by atoms with Crippen molar-refractivity contribution < 1.29 is 9.15 Å². The number of hydrogen-bond acceptors (Lipinski definition) is 3. The highest BCUT2D eigenvalue weighted by Gasteiger charge is 2.25. The first-order valence-electron chi connectivity index (χ1n) is 5.65. The Balaban J connectivity index is 1.79. The Morgan fingerprint density at radius 3 is 3.07 bits per heavy atom. The molecule has 2 rings (SSSR count). The lowest BCUT2D eigenvalue weighted by Crippen LogP contribution is -2.41. The van der Waals surface area contributed by atoms with Crippen LogP contribution in [0, 0.1) is 0 Å². The van der Waals surface area contributed by atoms with Crippen LogP contribution in [0.4, 0.5) is 0 Å². The highest BCUT2D eigenvalue weighted by Crippen LogP contribution is 2.14. The van der Waals surface area contributed by atoms with Gasteiger partial charge >= 0.3 is 0 Å². The molecule has 0 aliphatic carbocycles. The fourth-order valence-electron chi connectivity index (χ4n) is 2.11. The minimum Gasteiger partial charge on any atom is -0.469 e. The summed E-state index contributed by atoms with van der Waals surface area (Å²) in [6.07, 6.45) is 4.12. The Kier molecular flexibility index (Phi) is 3.44. The van der Waals surface area contributed by atoms with Crippen molar-refractivity contribution in [3.05, 3.63) is 24.2 Å². The number of rotatable bonds is 4. The molecule has 0 bridgehead atoms. The van der Waals surface area contributed by atoms with E-state index in [1.165, 1.54) is 0 Å². The van der Waals surface area contributed by atoms with Crippen LogP contribution in [0.5, 0.6) is 0 Å². The highest BCUT2D eigenvalue weighted by atomic mass is 16.5. The van der Waals surface area contributed by atoms with Crippen molar-refractivity contribution in [1.29, 1.82) is 0 Å². The van der Waals surface area contributed by atoms with E-state index in [0.717, 1.165) is 25.2 Å². The number of nitrogens with one attached hydrogen (secondary N) is 1. The summed E-state index contributed by atoms with van der Waals surface area (Å²) < 4.78 is 10.8. The molecule has 1 aliphatic heterocycles. The predicted molar refractivity (Wildman–Crippen MR) is 58.8 cm³/mol. The summed E-state index contributed by atoms with van der Waals surface area (Å²) in [5.41, 5.74) is 0. The molecule has 3 unspecified atom stereocenters. The molecule has 1 aromatic heterocycles. The van der Waals surface area contributed by atoms with Gasteiger partial charge in [-0.15, -0.1) is 0 Å². The normalized spacial score (nSPS) is 28.1. The van der Waals surface area contributed by atoms with Crippen LogP contribution in [0.15, 0.2) is 22.8 Å². The molecule has 3 atom stereocenters. The van der Waals surface area contributed by atoms with Gasteiger partial charge in [0.05, 0.1) is 12.4 Å². The van der Waals surface area contributed by atoms with E-state index in [2.05, 4.69) is 19.2 Å². The number of hydrogen-bond donors (Lipinski definition) is 1. The van der Waals surface area contributed by atoms with Crippen LogP contribution in [0.1, 0.15) is 26.0 Å². The highest BCUT2D eigenvalue weighted by molar-refractivity contribution is 5.00. The third-order valence-electron chi connectivity index (χ3n) is 2.96. The molecular formula is C12H19NO2. The molecule has 15 heavy (non-hydrogen) atoms. The second kappa shape index (κ2) is 4.81. The van der Waals surface area contributed by atoms with E-state index < -0.39 is 0 Å².